The zero-order valence-corrected chi connectivity index (χ0v) is 32.8. The number of carbonyl (C=O) groups is 1. The van der Waals surface area contributed by atoms with Crippen LogP contribution in [-0.2, 0) is 52.1 Å². The first-order chi connectivity index (χ1) is 27.2. The second-order valence-corrected chi connectivity index (χ2v) is 16.2. The number of aromatic nitrogens is 3. The van der Waals surface area contributed by atoms with E-state index in [1.165, 1.54) is 24.3 Å². The number of phenols is 1. The maximum atomic E-state index is 12.5. The van der Waals surface area contributed by atoms with Crippen LogP contribution in [-0.4, -0.2) is 76.0 Å². The fourth-order valence-electron chi connectivity index (χ4n) is 4.36. The lowest BCUT2D eigenvalue weighted by Crippen LogP contribution is -2.15. The van der Waals surface area contributed by atoms with E-state index < -0.39 is 38.6 Å². The van der Waals surface area contributed by atoms with E-state index in [0.717, 1.165) is 12.0 Å². The summed E-state index contributed by atoms with van der Waals surface area (Å²) in [6.07, 6.45) is 0. The number of nitrogens with one attached hydrogen (secondary N) is 2. The van der Waals surface area contributed by atoms with Crippen LogP contribution >= 0.6 is 47.7 Å². The van der Waals surface area contributed by atoms with Crippen LogP contribution in [0.3, 0.4) is 0 Å². The molecule has 5 rings (SSSR count). The summed E-state index contributed by atoms with van der Waals surface area (Å²) in [5.74, 6) is -1.90. The van der Waals surface area contributed by atoms with E-state index in [1.54, 1.807) is 48.5 Å². The topological polar surface area (TPSA) is 309 Å². The summed E-state index contributed by atoms with van der Waals surface area (Å²) in [6.45, 7) is -0.775. The number of phenolic OH excluding ortho intramolecular Hbond substituents is 1. The third-order valence-corrected chi connectivity index (χ3v) is 10.9. The molecule has 5 aromatic rings. The van der Waals surface area contributed by atoms with Gasteiger partial charge in [-0.15, -0.1) is 13.8 Å². The summed E-state index contributed by atoms with van der Waals surface area (Å²) in [4.78, 5) is 24.7. The molecular weight excluding hydrogens is 882 g/mol. The molecule has 0 radical (unpaired) electrons. The first-order valence-electron chi connectivity index (χ1n) is 15.1. The Kier molecular flexibility index (Phi) is 15.5. The fourth-order valence-corrected chi connectivity index (χ4v) is 7.32. The highest BCUT2D eigenvalue weighted by Crippen LogP contribution is 2.44. The van der Waals surface area contributed by atoms with Gasteiger partial charge in [-0.25, -0.2) is 23.1 Å². The van der Waals surface area contributed by atoms with Gasteiger partial charge in [-0.3, -0.25) is 9.35 Å². The number of benzene rings is 4. The van der Waals surface area contributed by atoms with Gasteiger partial charge in [-0.2, -0.15) is 28.5 Å². The maximum absolute atomic E-state index is 12.5. The van der Waals surface area contributed by atoms with Gasteiger partial charge in [0.2, 0.25) is 17.2 Å². The fraction of sp³-hybridized carbons (Fsp3) is 0.103. The van der Waals surface area contributed by atoms with E-state index in [4.69, 9.17) is 30.9 Å². The number of hydrogen-bond acceptors (Lipinski definition) is 24. The number of anilines is 4. The van der Waals surface area contributed by atoms with Crippen molar-refractivity contribution >= 4 is 119 Å². The van der Waals surface area contributed by atoms with Crippen molar-refractivity contribution in [3.63, 3.8) is 0 Å². The minimum absolute atomic E-state index is 0.000436. The Hall–Kier alpha value is -4.46. The normalized spacial score (nSPS) is 11.9. The van der Waals surface area contributed by atoms with Crippen LogP contribution in [0.4, 0.5) is 34.6 Å². The van der Waals surface area contributed by atoms with E-state index in [9.17, 15) is 26.7 Å². The summed E-state index contributed by atoms with van der Waals surface area (Å²) in [5.41, 5.74) is 1.13. The molecule has 4 aromatic carbocycles. The van der Waals surface area contributed by atoms with Crippen molar-refractivity contribution in [3.8, 4) is 5.75 Å². The molecule has 28 heteroatoms. The molecule has 6 N–H and O–H groups in total. The van der Waals surface area contributed by atoms with Crippen LogP contribution in [0.15, 0.2) is 97.7 Å². The lowest BCUT2D eigenvalue weighted by atomic mass is 10.1. The standard InChI is InChI=1S/C29H24ClN7O15S5/c30-27-33-28(31-17-3-8-21(9-4-17)56(42,43)12-11-47-57(44,45)46)35-29(34-27)32-19-5-10-22-16(13-19)14-23(55-52-50-41)25(26(22)39)37-36-18-1-6-20(7-2-18)54-48-24(38)15-53-51-49-40/h1-10,13-14,39-41H,11-12,15H2,(H,44,45,46)(H2,31,32,33,34,35). The third-order valence-electron chi connectivity index (χ3n) is 6.71. The van der Waals surface area contributed by atoms with Crippen LogP contribution in [0.5, 0.6) is 5.75 Å². The van der Waals surface area contributed by atoms with Gasteiger partial charge in [-0.1, -0.05) is 10.1 Å². The molecule has 22 nitrogen and oxygen atoms in total. The molecule has 0 saturated carbocycles. The Morgan fingerprint density at radius 2 is 1.49 bits per heavy atom. The van der Waals surface area contributed by atoms with Gasteiger partial charge in [0, 0.05) is 33.7 Å². The zero-order chi connectivity index (χ0) is 41.0. The molecule has 0 amide bonds. The largest absolute Gasteiger partial charge is 0.505 e. The minimum atomic E-state index is -4.79. The van der Waals surface area contributed by atoms with Gasteiger partial charge < -0.3 is 19.9 Å². The molecule has 302 valence electrons. The van der Waals surface area contributed by atoms with Crippen molar-refractivity contribution in [3.05, 3.63) is 78.1 Å². The van der Waals surface area contributed by atoms with E-state index in [-0.39, 0.29) is 44.2 Å². The number of halogens is 1. The third kappa shape index (κ3) is 13.3. The molecule has 0 aliphatic rings. The minimum Gasteiger partial charge on any atom is -0.505 e. The van der Waals surface area contributed by atoms with Crippen molar-refractivity contribution in [1.29, 1.82) is 0 Å². The monoisotopic (exact) mass is 905 g/mol. The zero-order valence-electron chi connectivity index (χ0n) is 28.0. The molecule has 0 aliphatic heterocycles. The maximum Gasteiger partial charge on any atom is 0.397 e. The van der Waals surface area contributed by atoms with E-state index in [1.807, 2.05) is 0 Å². The Balaban J connectivity index is 1.29. The number of azo groups is 1. The van der Waals surface area contributed by atoms with Crippen molar-refractivity contribution < 1.29 is 68.9 Å². The van der Waals surface area contributed by atoms with Crippen LogP contribution in [0.1, 0.15) is 0 Å². The quantitative estimate of drug-likeness (QED) is 0.0115. The Morgan fingerprint density at radius 3 is 2.16 bits per heavy atom. The molecule has 0 spiro atoms. The molecule has 0 fully saturated rings. The second-order valence-electron chi connectivity index (χ2n) is 10.5. The highest BCUT2D eigenvalue weighted by Gasteiger charge is 2.18. The van der Waals surface area contributed by atoms with E-state index >= 15 is 0 Å². The van der Waals surface area contributed by atoms with Crippen molar-refractivity contribution in [2.75, 3.05) is 28.7 Å². The molecule has 1 aromatic heterocycles. The van der Waals surface area contributed by atoms with Gasteiger partial charge in [-0.05, 0) is 89.8 Å². The van der Waals surface area contributed by atoms with Gasteiger partial charge >= 0.3 is 16.4 Å². The number of hydrogen-bond donors (Lipinski definition) is 6. The summed E-state index contributed by atoms with van der Waals surface area (Å²) in [6, 6.07) is 18.0. The van der Waals surface area contributed by atoms with E-state index in [0.29, 0.717) is 56.8 Å². The summed E-state index contributed by atoms with van der Waals surface area (Å²) in [7, 11) is -8.74. The molecule has 57 heavy (non-hydrogen) atoms. The first-order valence-corrected chi connectivity index (χ1v) is 20.9. The van der Waals surface area contributed by atoms with Gasteiger partial charge in [0.15, 0.2) is 15.6 Å². The van der Waals surface area contributed by atoms with Crippen LogP contribution in [0.25, 0.3) is 10.8 Å². The van der Waals surface area contributed by atoms with Gasteiger partial charge in [0.1, 0.15) is 11.4 Å². The second kappa shape index (κ2) is 20.3. The predicted molar refractivity (Wildman–Crippen MR) is 203 cm³/mol. The summed E-state index contributed by atoms with van der Waals surface area (Å²) < 4.78 is 72.8. The lowest BCUT2D eigenvalue weighted by Gasteiger charge is -2.12. The van der Waals surface area contributed by atoms with Crippen LogP contribution in [0.2, 0.25) is 5.28 Å². The molecule has 0 unspecified atom stereocenters. The Labute approximate surface area is 339 Å². The highest BCUT2D eigenvalue weighted by atomic mass is 35.5. The number of carbonyl (C=O) groups excluding carboxylic acids is 1. The predicted octanol–water partition coefficient (Wildman–Crippen LogP) is 6.93. The van der Waals surface area contributed by atoms with Crippen molar-refractivity contribution in [2.45, 2.75) is 14.7 Å². The SMILES string of the molecule is O=C(CSOOO)OSc1ccc(N=Nc2c(SOOO)cc3cc(Nc4nc(Cl)nc(Nc5ccc(S(=O)(=O)CCOS(=O)(=O)O)cc5)n4)ccc3c2O)cc1. The number of fused-ring (bicyclic) bond motifs is 1. The van der Waals surface area contributed by atoms with Crippen molar-refractivity contribution in [2.24, 2.45) is 10.2 Å². The molecule has 0 saturated heterocycles. The molecule has 0 atom stereocenters. The molecular formula is C29H24ClN7O15S5. The van der Waals surface area contributed by atoms with Crippen molar-refractivity contribution in [1.82, 2.24) is 15.0 Å². The number of sulfone groups is 1. The number of nitrogens with zero attached hydrogens (tertiary/aromatic N) is 5. The molecule has 0 aliphatic carbocycles. The lowest BCUT2D eigenvalue weighted by molar-refractivity contribution is -0.432. The van der Waals surface area contributed by atoms with Gasteiger partial charge in [0.25, 0.3) is 0 Å². The van der Waals surface area contributed by atoms with Gasteiger partial charge in [0.05, 0.1) is 51.9 Å². The Bertz CT molecular complexity index is 2450. The summed E-state index contributed by atoms with van der Waals surface area (Å²) in [5, 5.41) is 50.0. The highest BCUT2D eigenvalue weighted by molar-refractivity contribution is 7.96. The smallest absolute Gasteiger partial charge is 0.397 e. The van der Waals surface area contributed by atoms with Crippen LogP contribution in [0, 0.1) is 0 Å². The number of aromatic hydroxyl groups is 1. The first kappa shape index (κ1) is 43.7. The van der Waals surface area contributed by atoms with Crippen LogP contribution < -0.4 is 10.6 Å². The molecule has 0 bridgehead atoms. The van der Waals surface area contributed by atoms with E-state index in [2.05, 4.69) is 58.7 Å². The molecule has 1 heterocycles. The average Bonchev–Trinajstić information content (AvgIpc) is 3.16. The summed E-state index contributed by atoms with van der Waals surface area (Å²) >= 11 is 7.99. The average molecular weight is 906 g/mol. The number of rotatable bonds is 20. The Morgan fingerprint density at radius 1 is 0.825 bits per heavy atom.